The average molecular weight is 465 g/mol. The summed E-state index contributed by atoms with van der Waals surface area (Å²) in [5.41, 5.74) is 2.25. The molecule has 35 heavy (non-hydrogen) atoms. The molecule has 1 fully saturated rings. The molecule has 1 aliphatic rings. The van der Waals surface area contributed by atoms with Gasteiger partial charge in [-0.2, -0.15) is 9.97 Å². The third-order valence-electron chi connectivity index (χ3n) is 6.19. The molecule has 3 aromatic heterocycles. The van der Waals surface area contributed by atoms with Gasteiger partial charge < -0.3 is 20.1 Å². The van der Waals surface area contributed by atoms with Crippen LogP contribution in [0, 0.1) is 0 Å². The molecule has 0 bridgehead atoms. The summed E-state index contributed by atoms with van der Waals surface area (Å²) in [6.07, 6.45) is 5.08. The van der Waals surface area contributed by atoms with E-state index >= 15 is 0 Å². The first-order valence-corrected chi connectivity index (χ1v) is 11.7. The van der Waals surface area contributed by atoms with Crippen molar-refractivity contribution in [2.24, 2.45) is 0 Å². The van der Waals surface area contributed by atoms with Gasteiger partial charge in [0.25, 0.3) is 0 Å². The van der Waals surface area contributed by atoms with E-state index in [1.54, 1.807) is 12.5 Å². The van der Waals surface area contributed by atoms with Crippen LogP contribution < -0.4 is 10.6 Å². The van der Waals surface area contributed by atoms with Gasteiger partial charge in [0, 0.05) is 43.3 Å². The summed E-state index contributed by atoms with van der Waals surface area (Å²) in [5.74, 6) is 1.90. The zero-order valence-electron chi connectivity index (χ0n) is 19.1. The lowest BCUT2D eigenvalue weighted by Crippen LogP contribution is -2.28. The zero-order chi connectivity index (χ0) is 23.6. The van der Waals surface area contributed by atoms with Gasteiger partial charge in [-0.1, -0.05) is 42.5 Å². The maximum atomic E-state index is 12.1. The minimum Gasteiger partial charge on any atom is -0.341 e. The molecule has 174 valence electrons. The molecule has 2 N–H and O–H groups in total. The van der Waals surface area contributed by atoms with E-state index in [9.17, 15) is 4.79 Å². The van der Waals surface area contributed by atoms with Crippen molar-refractivity contribution in [1.29, 1.82) is 0 Å². The van der Waals surface area contributed by atoms with E-state index in [4.69, 9.17) is 9.97 Å². The Kier molecular flexibility index (Phi) is 5.42. The predicted molar refractivity (Wildman–Crippen MR) is 136 cm³/mol. The van der Waals surface area contributed by atoms with Crippen LogP contribution in [0.25, 0.3) is 21.9 Å². The number of likely N-dealkylation sites (tertiary alicyclic amines) is 1. The van der Waals surface area contributed by atoms with Crippen LogP contribution in [0.3, 0.4) is 0 Å². The maximum absolute atomic E-state index is 12.1. The maximum Gasteiger partial charge on any atom is 0.232 e. The standard InChI is InChI=1S/C26H24N8O/c35-21-11-6-14-33(21)15-16-34-17-28-22-24(29-19-8-2-1-3-9-19)31-26(32-25(22)34)30-23-20-10-5-4-7-18(20)12-13-27-23/h1-5,7-10,12-13,17H,6,11,14-16H2,(H2,27,29,30,31,32). The highest BCUT2D eigenvalue weighted by Gasteiger charge is 2.21. The molecule has 6 rings (SSSR count). The molecule has 0 unspecified atom stereocenters. The predicted octanol–water partition coefficient (Wildman–Crippen LogP) is 4.48. The summed E-state index contributed by atoms with van der Waals surface area (Å²) >= 11 is 0. The number of anilines is 4. The summed E-state index contributed by atoms with van der Waals surface area (Å²) in [4.78, 5) is 32.6. The number of carbonyl (C=O) groups is 1. The van der Waals surface area contributed by atoms with Gasteiger partial charge in [-0.15, -0.1) is 0 Å². The number of benzene rings is 2. The number of hydrogen-bond acceptors (Lipinski definition) is 7. The number of hydrogen-bond donors (Lipinski definition) is 2. The van der Waals surface area contributed by atoms with Crippen LogP contribution in [0.15, 0.2) is 73.2 Å². The minimum atomic E-state index is 0.208. The highest BCUT2D eigenvalue weighted by atomic mass is 16.2. The fraction of sp³-hybridized carbons (Fsp3) is 0.192. The number of rotatable bonds is 7. The van der Waals surface area contributed by atoms with Gasteiger partial charge in [0.05, 0.1) is 6.33 Å². The van der Waals surface area contributed by atoms with Crippen molar-refractivity contribution in [1.82, 2.24) is 29.4 Å². The Morgan fingerprint density at radius 3 is 2.57 bits per heavy atom. The monoisotopic (exact) mass is 464 g/mol. The summed E-state index contributed by atoms with van der Waals surface area (Å²) in [6.45, 7) is 2.04. The van der Waals surface area contributed by atoms with Crippen molar-refractivity contribution >= 4 is 51.1 Å². The normalized spacial score (nSPS) is 13.6. The van der Waals surface area contributed by atoms with Crippen molar-refractivity contribution in [2.45, 2.75) is 19.4 Å². The van der Waals surface area contributed by atoms with Crippen molar-refractivity contribution in [2.75, 3.05) is 23.7 Å². The number of carbonyl (C=O) groups excluding carboxylic acids is 1. The lowest BCUT2D eigenvalue weighted by atomic mass is 10.1. The molecule has 0 spiro atoms. The van der Waals surface area contributed by atoms with E-state index in [-0.39, 0.29) is 5.91 Å². The Bertz CT molecular complexity index is 1510. The molecule has 0 atom stereocenters. The van der Waals surface area contributed by atoms with Gasteiger partial charge in [0.1, 0.15) is 5.82 Å². The Morgan fingerprint density at radius 1 is 0.857 bits per heavy atom. The number of aromatic nitrogens is 5. The van der Waals surface area contributed by atoms with Gasteiger partial charge in [0.2, 0.25) is 11.9 Å². The number of nitrogens with one attached hydrogen (secondary N) is 2. The average Bonchev–Trinajstić information content (AvgIpc) is 3.49. The minimum absolute atomic E-state index is 0.208. The van der Waals surface area contributed by atoms with Crippen molar-refractivity contribution in [3.63, 3.8) is 0 Å². The molecule has 9 nitrogen and oxygen atoms in total. The van der Waals surface area contributed by atoms with Gasteiger partial charge in [-0.3, -0.25) is 4.79 Å². The van der Waals surface area contributed by atoms with Crippen LogP contribution in [0.1, 0.15) is 12.8 Å². The number of fused-ring (bicyclic) bond motifs is 2. The Labute approximate surface area is 201 Å². The first kappa shape index (κ1) is 21.0. The summed E-state index contributed by atoms with van der Waals surface area (Å²) < 4.78 is 1.97. The Morgan fingerprint density at radius 2 is 1.71 bits per heavy atom. The lowest BCUT2D eigenvalue weighted by Gasteiger charge is -2.16. The van der Waals surface area contributed by atoms with E-state index in [2.05, 4.69) is 20.6 Å². The molecular formula is C26H24N8O. The summed E-state index contributed by atoms with van der Waals surface area (Å²) in [7, 11) is 0. The van der Waals surface area contributed by atoms with Crippen LogP contribution in [0.2, 0.25) is 0 Å². The quantitative estimate of drug-likeness (QED) is 0.366. The van der Waals surface area contributed by atoms with Gasteiger partial charge in [0.15, 0.2) is 17.0 Å². The SMILES string of the molecule is O=C1CCCN1CCn1cnc2c(Nc3ccccc3)nc(Nc3nccc4ccccc34)nc21. The molecule has 1 amide bonds. The highest BCUT2D eigenvalue weighted by molar-refractivity contribution is 5.93. The Balaban J connectivity index is 1.39. The molecule has 4 heterocycles. The summed E-state index contributed by atoms with van der Waals surface area (Å²) in [5, 5.41) is 8.74. The molecule has 0 saturated carbocycles. The molecule has 0 radical (unpaired) electrons. The van der Waals surface area contributed by atoms with E-state index in [0.717, 1.165) is 29.4 Å². The van der Waals surface area contributed by atoms with Gasteiger partial charge in [-0.25, -0.2) is 9.97 Å². The fourth-order valence-corrected chi connectivity index (χ4v) is 4.40. The molecule has 1 aliphatic heterocycles. The molecule has 1 saturated heterocycles. The lowest BCUT2D eigenvalue weighted by molar-refractivity contribution is -0.127. The van der Waals surface area contributed by atoms with Crippen molar-refractivity contribution < 1.29 is 4.79 Å². The van der Waals surface area contributed by atoms with Crippen molar-refractivity contribution in [3.05, 3.63) is 73.2 Å². The number of amides is 1. The molecule has 5 aromatic rings. The first-order valence-electron chi connectivity index (χ1n) is 11.7. The van der Waals surface area contributed by atoms with Crippen LogP contribution >= 0.6 is 0 Å². The third-order valence-corrected chi connectivity index (χ3v) is 6.19. The van der Waals surface area contributed by atoms with E-state index < -0.39 is 0 Å². The second-order valence-corrected chi connectivity index (χ2v) is 8.49. The second kappa shape index (κ2) is 9.02. The fourth-order valence-electron chi connectivity index (χ4n) is 4.40. The van der Waals surface area contributed by atoms with Crippen LogP contribution in [-0.4, -0.2) is 48.4 Å². The zero-order valence-corrected chi connectivity index (χ0v) is 19.1. The summed E-state index contributed by atoms with van der Waals surface area (Å²) in [6, 6.07) is 19.9. The molecular weight excluding hydrogens is 440 g/mol. The Hall–Kier alpha value is -4.53. The third kappa shape index (κ3) is 4.23. The number of pyridine rings is 1. The van der Waals surface area contributed by atoms with Gasteiger partial charge >= 0.3 is 0 Å². The van der Waals surface area contributed by atoms with Gasteiger partial charge in [-0.05, 0) is 30.0 Å². The van der Waals surface area contributed by atoms with E-state index in [1.807, 2.05) is 70.1 Å². The first-order chi connectivity index (χ1) is 17.2. The van der Waals surface area contributed by atoms with Crippen LogP contribution in [-0.2, 0) is 11.3 Å². The molecule has 9 heteroatoms. The number of imidazole rings is 1. The molecule has 0 aliphatic carbocycles. The smallest absolute Gasteiger partial charge is 0.232 e. The topological polar surface area (TPSA) is 101 Å². The van der Waals surface area contributed by atoms with E-state index in [1.165, 1.54) is 0 Å². The number of para-hydroxylation sites is 1. The second-order valence-electron chi connectivity index (χ2n) is 8.49. The van der Waals surface area contributed by atoms with Crippen molar-refractivity contribution in [3.8, 4) is 0 Å². The van der Waals surface area contributed by atoms with Crippen LogP contribution in [0.5, 0.6) is 0 Å². The molecule has 2 aromatic carbocycles. The number of nitrogens with zero attached hydrogens (tertiary/aromatic N) is 6. The van der Waals surface area contributed by atoms with Crippen LogP contribution in [0.4, 0.5) is 23.3 Å². The highest BCUT2D eigenvalue weighted by Crippen LogP contribution is 2.27. The largest absolute Gasteiger partial charge is 0.341 e. The van der Waals surface area contributed by atoms with E-state index in [0.29, 0.717) is 48.3 Å².